The zero-order valence-electron chi connectivity index (χ0n) is 20.2. The van der Waals surface area contributed by atoms with Gasteiger partial charge < -0.3 is 5.32 Å². The first kappa shape index (κ1) is 27.8. The van der Waals surface area contributed by atoms with Crippen LogP contribution in [0.25, 0.3) is 0 Å². The minimum atomic E-state index is -4.00. The summed E-state index contributed by atoms with van der Waals surface area (Å²) in [7, 11) is -4.66. The Balaban J connectivity index is 1.77. The molecule has 3 aromatic carbocycles. The fourth-order valence-corrected chi connectivity index (χ4v) is 5.78. The largest absolute Gasteiger partial charge is 0.351 e. The van der Waals surface area contributed by atoms with E-state index in [1.807, 2.05) is 6.92 Å². The van der Waals surface area contributed by atoms with Crippen molar-refractivity contribution in [1.29, 1.82) is 0 Å². The molecule has 3 aromatic rings. The molecule has 0 aliphatic carbocycles. The van der Waals surface area contributed by atoms with Gasteiger partial charge in [-0.3, -0.25) is 4.79 Å². The normalized spacial score (nSPS) is 12.2. The van der Waals surface area contributed by atoms with Crippen molar-refractivity contribution in [3.05, 3.63) is 94.5 Å². The van der Waals surface area contributed by atoms with Crippen LogP contribution in [-0.2, 0) is 37.9 Å². The zero-order chi connectivity index (χ0) is 26.5. The van der Waals surface area contributed by atoms with Gasteiger partial charge in [0.1, 0.15) is 0 Å². The van der Waals surface area contributed by atoms with Crippen molar-refractivity contribution in [2.24, 2.45) is 0 Å². The molecule has 1 amide bonds. The summed E-state index contributed by atoms with van der Waals surface area (Å²) in [4.78, 5) is 13.0. The first-order chi connectivity index (χ1) is 16.9. The minimum absolute atomic E-state index is 0.0747. The molecule has 1 N–H and O–H groups in total. The van der Waals surface area contributed by atoms with Crippen molar-refractivity contribution in [2.75, 3.05) is 20.6 Å². The zero-order valence-corrected chi connectivity index (χ0v) is 22.6. The van der Waals surface area contributed by atoms with Gasteiger partial charge in [0, 0.05) is 32.2 Å². The number of aryl methyl sites for hydroxylation is 1. The highest BCUT2D eigenvalue weighted by Crippen LogP contribution is 2.23. The van der Waals surface area contributed by atoms with Crippen molar-refractivity contribution in [3.63, 3.8) is 0 Å². The van der Waals surface area contributed by atoms with Crippen LogP contribution in [0, 0.1) is 6.92 Å². The number of benzene rings is 3. The van der Waals surface area contributed by atoms with Gasteiger partial charge in [0.15, 0.2) is 0 Å². The lowest BCUT2D eigenvalue weighted by Gasteiger charge is -2.22. The fourth-order valence-electron chi connectivity index (χ4n) is 3.31. The van der Waals surface area contributed by atoms with Gasteiger partial charge in [0.25, 0.3) is 0 Å². The summed E-state index contributed by atoms with van der Waals surface area (Å²) in [5.41, 5.74) is 2.15. The minimum Gasteiger partial charge on any atom is -0.351 e. The Morgan fingerprint density at radius 2 is 1.39 bits per heavy atom. The molecule has 0 atom stereocenters. The predicted molar refractivity (Wildman–Crippen MR) is 139 cm³/mol. The van der Waals surface area contributed by atoms with Crippen LogP contribution in [0.1, 0.15) is 16.7 Å². The molecule has 11 heteroatoms. The lowest BCUT2D eigenvalue weighted by atomic mass is 10.2. The molecule has 0 saturated heterocycles. The molecule has 0 spiro atoms. The molecule has 0 unspecified atom stereocenters. The quantitative estimate of drug-likeness (QED) is 0.417. The Morgan fingerprint density at radius 1 is 0.833 bits per heavy atom. The second-order valence-electron chi connectivity index (χ2n) is 8.39. The van der Waals surface area contributed by atoms with E-state index in [9.17, 15) is 21.6 Å². The maximum atomic E-state index is 13.4. The Kier molecular flexibility index (Phi) is 8.91. The lowest BCUT2D eigenvalue weighted by Crippen LogP contribution is -2.40. The molecule has 0 radical (unpaired) electrons. The third-order valence-electron chi connectivity index (χ3n) is 5.47. The Morgan fingerprint density at radius 3 is 1.97 bits per heavy atom. The van der Waals surface area contributed by atoms with Gasteiger partial charge in [-0.2, -0.15) is 4.31 Å². The molecule has 0 bridgehead atoms. The molecule has 192 valence electrons. The van der Waals surface area contributed by atoms with E-state index in [-0.39, 0.29) is 22.9 Å². The summed E-state index contributed by atoms with van der Waals surface area (Å²) in [6, 6.07) is 19.4. The summed E-state index contributed by atoms with van der Waals surface area (Å²) in [5.74, 6) is -0.511. The number of hydrogen-bond acceptors (Lipinski definition) is 5. The average Bonchev–Trinajstić information content (AvgIpc) is 2.84. The SMILES string of the molecule is Cc1ccc(S(=O)(=O)N(CC(=O)NCc2ccc(S(=O)(=O)N(C)C)cc2)Cc2ccccc2Cl)cc1. The molecule has 0 saturated carbocycles. The summed E-state index contributed by atoms with van der Waals surface area (Å²) >= 11 is 6.26. The van der Waals surface area contributed by atoms with Crippen LogP contribution in [0.4, 0.5) is 0 Å². The van der Waals surface area contributed by atoms with E-state index in [4.69, 9.17) is 11.6 Å². The van der Waals surface area contributed by atoms with Crippen molar-refractivity contribution >= 4 is 37.6 Å². The Hall–Kier alpha value is -2.76. The van der Waals surface area contributed by atoms with E-state index in [0.29, 0.717) is 16.1 Å². The summed E-state index contributed by atoms with van der Waals surface area (Å²) in [6.07, 6.45) is 0. The van der Waals surface area contributed by atoms with Crippen LogP contribution in [0.15, 0.2) is 82.6 Å². The maximum Gasteiger partial charge on any atom is 0.243 e. The summed E-state index contributed by atoms with van der Waals surface area (Å²) in [6.45, 7) is 1.45. The molecule has 0 fully saturated rings. The van der Waals surface area contributed by atoms with Crippen LogP contribution in [0.3, 0.4) is 0 Å². The molecule has 0 aromatic heterocycles. The molecule has 0 heterocycles. The summed E-state index contributed by atoms with van der Waals surface area (Å²) in [5, 5.41) is 3.10. The van der Waals surface area contributed by atoms with Gasteiger partial charge in [-0.15, -0.1) is 0 Å². The maximum absolute atomic E-state index is 13.4. The standard InChI is InChI=1S/C25H28ClN3O5S2/c1-19-8-12-23(13-9-19)36(33,34)29(17-21-6-4-5-7-24(21)26)18-25(30)27-16-20-10-14-22(15-11-20)35(31,32)28(2)3/h4-15H,16-18H2,1-3H3,(H,27,30). The second-order valence-corrected chi connectivity index (χ2v) is 12.9. The highest BCUT2D eigenvalue weighted by Gasteiger charge is 2.27. The smallest absolute Gasteiger partial charge is 0.243 e. The molecule has 3 rings (SSSR count). The molecule has 0 aliphatic rings. The molecule has 0 aliphatic heterocycles. The lowest BCUT2D eigenvalue weighted by molar-refractivity contribution is -0.121. The number of halogens is 1. The number of rotatable bonds is 10. The first-order valence-electron chi connectivity index (χ1n) is 11.0. The van der Waals surface area contributed by atoms with Gasteiger partial charge in [0.05, 0.1) is 16.3 Å². The van der Waals surface area contributed by atoms with Crippen LogP contribution in [0.2, 0.25) is 5.02 Å². The number of hydrogen-bond donors (Lipinski definition) is 1. The number of carbonyl (C=O) groups is 1. The third-order valence-corrected chi connectivity index (χ3v) is 9.48. The van der Waals surface area contributed by atoms with Gasteiger partial charge >= 0.3 is 0 Å². The van der Waals surface area contributed by atoms with Crippen LogP contribution >= 0.6 is 11.6 Å². The van der Waals surface area contributed by atoms with Crippen molar-refractivity contribution in [2.45, 2.75) is 29.8 Å². The Labute approximate surface area is 217 Å². The highest BCUT2D eigenvalue weighted by atomic mass is 35.5. The molecule has 8 nitrogen and oxygen atoms in total. The first-order valence-corrected chi connectivity index (χ1v) is 14.3. The molecular formula is C25H28ClN3O5S2. The van der Waals surface area contributed by atoms with Gasteiger partial charge in [-0.25, -0.2) is 21.1 Å². The Bertz CT molecular complexity index is 1420. The second kappa shape index (κ2) is 11.5. The van der Waals surface area contributed by atoms with Crippen molar-refractivity contribution in [1.82, 2.24) is 13.9 Å². The number of nitrogens with zero attached hydrogens (tertiary/aromatic N) is 2. The van der Waals surface area contributed by atoms with Gasteiger partial charge in [-0.05, 0) is 48.4 Å². The number of sulfonamides is 2. The van der Waals surface area contributed by atoms with Gasteiger partial charge in [-0.1, -0.05) is 59.6 Å². The molecule has 36 heavy (non-hydrogen) atoms. The van der Waals surface area contributed by atoms with E-state index >= 15 is 0 Å². The van der Waals surface area contributed by atoms with Crippen molar-refractivity contribution < 1.29 is 21.6 Å². The van der Waals surface area contributed by atoms with Gasteiger partial charge in [0.2, 0.25) is 26.0 Å². The van der Waals surface area contributed by atoms with E-state index in [2.05, 4.69) is 5.32 Å². The summed E-state index contributed by atoms with van der Waals surface area (Å²) < 4.78 is 53.4. The van der Waals surface area contributed by atoms with E-state index in [1.165, 1.54) is 38.4 Å². The van der Waals surface area contributed by atoms with Crippen LogP contribution in [0.5, 0.6) is 0 Å². The van der Waals surface area contributed by atoms with E-state index < -0.39 is 32.5 Å². The van der Waals surface area contributed by atoms with Crippen LogP contribution < -0.4 is 5.32 Å². The monoisotopic (exact) mass is 549 g/mol. The predicted octanol–water partition coefficient (Wildman–Crippen LogP) is 3.41. The topological polar surface area (TPSA) is 104 Å². The number of carbonyl (C=O) groups excluding carboxylic acids is 1. The molecular weight excluding hydrogens is 522 g/mol. The van der Waals surface area contributed by atoms with Crippen molar-refractivity contribution in [3.8, 4) is 0 Å². The number of nitrogens with one attached hydrogen (secondary N) is 1. The number of amides is 1. The average molecular weight is 550 g/mol. The third kappa shape index (κ3) is 6.71. The van der Waals surface area contributed by atoms with Crippen LogP contribution in [-0.4, -0.2) is 52.0 Å². The van der Waals surface area contributed by atoms with E-state index in [0.717, 1.165) is 14.2 Å². The highest BCUT2D eigenvalue weighted by molar-refractivity contribution is 7.89. The fraction of sp³-hybridized carbons (Fsp3) is 0.240. The van der Waals surface area contributed by atoms with E-state index in [1.54, 1.807) is 48.5 Å².